The second-order valence-electron chi connectivity index (χ2n) is 5.16. The zero-order valence-corrected chi connectivity index (χ0v) is 13.0. The van der Waals surface area contributed by atoms with Crippen molar-refractivity contribution >= 4 is 11.7 Å². The molecule has 0 radical (unpaired) electrons. The fourth-order valence-corrected chi connectivity index (χ4v) is 1.99. The van der Waals surface area contributed by atoms with Gasteiger partial charge in [-0.3, -0.25) is 0 Å². The molecule has 0 bridgehead atoms. The Morgan fingerprint density at radius 2 is 1.75 bits per heavy atom. The molecule has 7 heteroatoms. The van der Waals surface area contributed by atoms with E-state index in [-0.39, 0.29) is 12.3 Å². The van der Waals surface area contributed by atoms with Crippen molar-refractivity contribution < 1.29 is 23.4 Å². The zero-order chi connectivity index (χ0) is 17.5. The summed E-state index contributed by atoms with van der Waals surface area (Å²) in [7, 11) is 0. The number of urea groups is 1. The Bertz CT molecular complexity index is 661. The van der Waals surface area contributed by atoms with Gasteiger partial charge < -0.3 is 20.5 Å². The van der Waals surface area contributed by atoms with Gasteiger partial charge in [-0.1, -0.05) is 29.8 Å². The quantitative estimate of drug-likeness (QED) is 0.757. The summed E-state index contributed by atoms with van der Waals surface area (Å²) < 4.78 is 28.4. The monoisotopic (exact) mass is 336 g/mol. The topological polar surface area (TPSA) is 70.6 Å². The molecule has 2 aromatic rings. The highest BCUT2D eigenvalue weighted by molar-refractivity contribution is 5.89. The molecule has 5 nitrogen and oxygen atoms in total. The van der Waals surface area contributed by atoms with E-state index < -0.39 is 18.7 Å². The number of hydrogen-bond acceptors (Lipinski definition) is 3. The average molecular weight is 336 g/mol. The Morgan fingerprint density at radius 1 is 1.12 bits per heavy atom. The summed E-state index contributed by atoms with van der Waals surface area (Å²) in [5.41, 5.74) is 2.20. The minimum atomic E-state index is -2.90. The molecule has 0 aliphatic carbocycles. The van der Waals surface area contributed by atoms with Crippen LogP contribution >= 0.6 is 0 Å². The van der Waals surface area contributed by atoms with Gasteiger partial charge in [0.05, 0.1) is 6.10 Å². The second-order valence-corrected chi connectivity index (χ2v) is 5.16. The summed E-state index contributed by atoms with van der Waals surface area (Å²) in [6.45, 7) is -0.974. The first-order valence-electron chi connectivity index (χ1n) is 7.28. The Labute approximate surface area is 138 Å². The minimum absolute atomic E-state index is 0.00558. The maximum atomic E-state index is 12.1. The number of aliphatic hydroxyl groups is 1. The lowest BCUT2D eigenvalue weighted by Crippen LogP contribution is -2.32. The van der Waals surface area contributed by atoms with Crippen LogP contribution in [0, 0.1) is 6.92 Å². The smallest absolute Gasteiger partial charge is 0.387 e. The highest BCUT2D eigenvalue weighted by Crippen LogP contribution is 2.19. The summed E-state index contributed by atoms with van der Waals surface area (Å²) in [6, 6.07) is 12.4. The summed E-state index contributed by atoms with van der Waals surface area (Å²) >= 11 is 0. The van der Waals surface area contributed by atoms with Crippen LogP contribution in [0.4, 0.5) is 19.3 Å². The molecule has 3 N–H and O–H groups in total. The third-order valence-corrected chi connectivity index (χ3v) is 3.26. The molecule has 0 aromatic heterocycles. The molecule has 24 heavy (non-hydrogen) atoms. The van der Waals surface area contributed by atoms with Crippen molar-refractivity contribution in [3.8, 4) is 5.75 Å². The van der Waals surface area contributed by atoms with Gasteiger partial charge in [0.1, 0.15) is 5.75 Å². The van der Waals surface area contributed by atoms with E-state index in [1.54, 1.807) is 12.1 Å². The van der Waals surface area contributed by atoms with Crippen molar-refractivity contribution in [3.05, 3.63) is 59.7 Å². The van der Waals surface area contributed by atoms with E-state index in [2.05, 4.69) is 15.4 Å². The van der Waals surface area contributed by atoms with Crippen LogP contribution in [0.2, 0.25) is 0 Å². The molecular weight excluding hydrogens is 318 g/mol. The van der Waals surface area contributed by atoms with Crippen LogP contribution in [-0.4, -0.2) is 24.3 Å². The summed E-state index contributed by atoms with van der Waals surface area (Å²) in [4.78, 5) is 11.8. The van der Waals surface area contributed by atoms with Gasteiger partial charge in [-0.2, -0.15) is 8.78 Å². The van der Waals surface area contributed by atoms with Crippen LogP contribution in [0.5, 0.6) is 5.75 Å². The first-order valence-corrected chi connectivity index (χ1v) is 7.28. The van der Waals surface area contributed by atoms with Gasteiger partial charge in [-0.05, 0) is 36.8 Å². The Hall–Kier alpha value is -2.67. The number of benzene rings is 2. The van der Waals surface area contributed by atoms with Crippen molar-refractivity contribution in [2.45, 2.75) is 19.6 Å². The average Bonchev–Trinajstić information content (AvgIpc) is 2.55. The molecule has 2 amide bonds. The molecule has 2 rings (SSSR count). The molecule has 0 aliphatic heterocycles. The van der Waals surface area contributed by atoms with Gasteiger partial charge in [-0.25, -0.2) is 4.79 Å². The predicted octanol–water partition coefficient (Wildman–Crippen LogP) is 3.45. The molecule has 2 aromatic carbocycles. The van der Waals surface area contributed by atoms with E-state index in [0.717, 1.165) is 5.56 Å². The maximum Gasteiger partial charge on any atom is 0.387 e. The highest BCUT2D eigenvalue weighted by atomic mass is 19.3. The standard InChI is InChI=1S/C17H18F2N2O3/c1-11-2-6-13(7-3-11)21-17(23)20-10-15(22)12-4-8-14(9-5-12)24-16(18)19/h2-9,15-16,22H,10H2,1H3,(H2,20,21,23). The van der Waals surface area contributed by atoms with E-state index in [1.807, 2.05) is 19.1 Å². The van der Waals surface area contributed by atoms with Crippen LogP contribution < -0.4 is 15.4 Å². The summed E-state index contributed by atoms with van der Waals surface area (Å²) in [5, 5.41) is 15.2. The zero-order valence-electron chi connectivity index (χ0n) is 13.0. The van der Waals surface area contributed by atoms with E-state index in [1.165, 1.54) is 24.3 Å². The van der Waals surface area contributed by atoms with Crippen LogP contribution in [-0.2, 0) is 0 Å². The molecule has 0 aliphatic rings. The number of aryl methyl sites for hydroxylation is 1. The van der Waals surface area contributed by atoms with Crippen LogP contribution in [0.25, 0.3) is 0 Å². The maximum absolute atomic E-state index is 12.1. The summed E-state index contributed by atoms with van der Waals surface area (Å²) in [5.74, 6) is 0.00558. The van der Waals surface area contributed by atoms with Crippen LogP contribution in [0.1, 0.15) is 17.2 Å². The van der Waals surface area contributed by atoms with Gasteiger partial charge in [-0.15, -0.1) is 0 Å². The van der Waals surface area contributed by atoms with E-state index in [9.17, 15) is 18.7 Å². The first kappa shape index (κ1) is 17.7. The number of nitrogens with one attached hydrogen (secondary N) is 2. The number of ether oxygens (including phenoxy) is 1. The Morgan fingerprint density at radius 3 is 2.33 bits per heavy atom. The fraction of sp³-hybridized carbons (Fsp3) is 0.235. The second kappa shape index (κ2) is 8.26. The molecular formula is C17H18F2N2O3. The highest BCUT2D eigenvalue weighted by Gasteiger charge is 2.11. The largest absolute Gasteiger partial charge is 0.435 e. The molecule has 1 unspecified atom stereocenters. The Kier molecular flexibility index (Phi) is 6.08. The van der Waals surface area contributed by atoms with Crippen molar-refractivity contribution in [2.24, 2.45) is 0 Å². The number of carbonyl (C=O) groups excluding carboxylic acids is 1. The number of halogens is 2. The lowest BCUT2D eigenvalue weighted by molar-refractivity contribution is -0.0498. The Balaban J connectivity index is 1.82. The number of carbonyl (C=O) groups is 1. The van der Waals surface area contributed by atoms with Gasteiger partial charge in [0.15, 0.2) is 0 Å². The molecule has 0 spiro atoms. The van der Waals surface area contributed by atoms with Crippen molar-refractivity contribution in [3.63, 3.8) is 0 Å². The lowest BCUT2D eigenvalue weighted by atomic mass is 10.1. The summed E-state index contributed by atoms with van der Waals surface area (Å²) in [6.07, 6.45) is -0.964. The van der Waals surface area contributed by atoms with Crippen molar-refractivity contribution in [1.29, 1.82) is 0 Å². The molecule has 128 valence electrons. The molecule has 1 atom stereocenters. The molecule has 0 saturated heterocycles. The predicted molar refractivity (Wildman–Crippen MR) is 86.2 cm³/mol. The molecule has 0 saturated carbocycles. The van der Waals surface area contributed by atoms with Gasteiger partial charge in [0.25, 0.3) is 0 Å². The van der Waals surface area contributed by atoms with E-state index in [4.69, 9.17) is 0 Å². The normalized spacial score (nSPS) is 11.9. The van der Waals surface area contributed by atoms with Crippen LogP contribution in [0.15, 0.2) is 48.5 Å². The number of amides is 2. The third kappa shape index (κ3) is 5.51. The fourth-order valence-electron chi connectivity index (χ4n) is 1.99. The van der Waals surface area contributed by atoms with E-state index in [0.29, 0.717) is 11.3 Å². The number of alkyl halides is 2. The first-order chi connectivity index (χ1) is 11.4. The van der Waals surface area contributed by atoms with Crippen molar-refractivity contribution in [1.82, 2.24) is 5.32 Å². The van der Waals surface area contributed by atoms with Gasteiger partial charge >= 0.3 is 12.6 Å². The third-order valence-electron chi connectivity index (χ3n) is 3.26. The lowest BCUT2D eigenvalue weighted by Gasteiger charge is -2.14. The van der Waals surface area contributed by atoms with E-state index >= 15 is 0 Å². The number of aliphatic hydroxyl groups excluding tert-OH is 1. The van der Waals surface area contributed by atoms with Crippen LogP contribution in [0.3, 0.4) is 0 Å². The van der Waals surface area contributed by atoms with Gasteiger partial charge in [0, 0.05) is 12.2 Å². The van der Waals surface area contributed by atoms with Crippen molar-refractivity contribution in [2.75, 3.05) is 11.9 Å². The minimum Gasteiger partial charge on any atom is -0.435 e. The SMILES string of the molecule is Cc1ccc(NC(=O)NCC(O)c2ccc(OC(F)F)cc2)cc1. The van der Waals surface area contributed by atoms with Gasteiger partial charge in [0.2, 0.25) is 0 Å². The molecule has 0 heterocycles. The number of rotatable bonds is 6. The number of hydrogen-bond donors (Lipinski definition) is 3. The molecule has 0 fully saturated rings. The number of anilines is 1.